The first-order chi connectivity index (χ1) is 9.47. The van der Waals surface area contributed by atoms with Crippen LogP contribution in [0, 0.1) is 11.8 Å². The first-order valence-electron chi connectivity index (χ1n) is 7.63. The molecule has 0 aliphatic heterocycles. The quantitative estimate of drug-likeness (QED) is 0.707. The van der Waals surface area contributed by atoms with Crippen molar-refractivity contribution in [1.29, 1.82) is 0 Å². The van der Waals surface area contributed by atoms with Gasteiger partial charge in [0.05, 0.1) is 5.69 Å². The van der Waals surface area contributed by atoms with Gasteiger partial charge in [0.15, 0.2) is 0 Å². The van der Waals surface area contributed by atoms with Crippen LogP contribution in [0.3, 0.4) is 0 Å². The molecule has 0 fully saturated rings. The zero-order valence-corrected chi connectivity index (χ0v) is 13.2. The summed E-state index contributed by atoms with van der Waals surface area (Å²) < 4.78 is 1.90. The van der Waals surface area contributed by atoms with Crippen molar-refractivity contribution in [3.05, 3.63) is 11.9 Å². The molecule has 0 bridgehead atoms. The molecule has 114 valence electrons. The number of amides is 1. The van der Waals surface area contributed by atoms with E-state index in [1.807, 2.05) is 10.9 Å². The number of nitrogens with one attached hydrogen (secondary N) is 1. The number of carbonyl (C=O) groups is 1. The molecule has 0 radical (unpaired) electrons. The molecule has 1 rings (SSSR count). The number of rotatable bonds is 9. The monoisotopic (exact) mass is 280 g/mol. The van der Waals surface area contributed by atoms with Crippen molar-refractivity contribution in [2.24, 2.45) is 11.8 Å². The molecule has 0 aliphatic carbocycles. The Labute approximate surface area is 122 Å². The Balaban J connectivity index is 2.12. The fraction of sp³-hybridized carbons (Fsp3) is 0.800. The fourth-order valence-corrected chi connectivity index (χ4v) is 2.03. The minimum Gasteiger partial charge on any atom is -0.356 e. The molecule has 1 aromatic heterocycles. The first kappa shape index (κ1) is 16.7. The molecule has 0 spiro atoms. The van der Waals surface area contributed by atoms with Crippen LogP contribution in [-0.4, -0.2) is 27.4 Å². The lowest BCUT2D eigenvalue weighted by molar-refractivity contribution is -0.121. The average molecular weight is 280 g/mol. The SMILES string of the molecule is CC(C)CC(=O)NCCCCn1cc(CC(C)C)nn1. The van der Waals surface area contributed by atoms with Gasteiger partial charge in [0.25, 0.3) is 0 Å². The number of carbonyl (C=O) groups excluding carboxylic acids is 1. The molecule has 0 aliphatic rings. The highest BCUT2D eigenvalue weighted by molar-refractivity contribution is 5.75. The second-order valence-corrected chi connectivity index (χ2v) is 6.23. The fourth-order valence-electron chi connectivity index (χ4n) is 2.03. The Morgan fingerprint density at radius 2 is 2.00 bits per heavy atom. The van der Waals surface area contributed by atoms with E-state index in [1.54, 1.807) is 0 Å². The van der Waals surface area contributed by atoms with Crippen molar-refractivity contribution in [1.82, 2.24) is 20.3 Å². The molecule has 5 heteroatoms. The lowest BCUT2D eigenvalue weighted by Gasteiger charge is -2.06. The number of unbranched alkanes of at least 4 members (excludes halogenated alkanes) is 1. The average Bonchev–Trinajstić information content (AvgIpc) is 2.74. The molecule has 0 saturated heterocycles. The van der Waals surface area contributed by atoms with Crippen LogP contribution in [0.4, 0.5) is 0 Å². The van der Waals surface area contributed by atoms with E-state index in [0.29, 0.717) is 18.3 Å². The van der Waals surface area contributed by atoms with E-state index in [-0.39, 0.29) is 5.91 Å². The molecule has 1 aromatic rings. The molecule has 0 saturated carbocycles. The summed E-state index contributed by atoms with van der Waals surface area (Å²) in [7, 11) is 0. The second-order valence-electron chi connectivity index (χ2n) is 6.23. The number of aromatic nitrogens is 3. The van der Waals surface area contributed by atoms with Gasteiger partial charge in [0, 0.05) is 25.7 Å². The highest BCUT2D eigenvalue weighted by atomic mass is 16.1. The van der Waals surface area contributed by atoms with Crippen molar-refractivity contribution < 1.29 is 4.79 Å². The smallest absolute Gasteiger partial charge is 0.220 e. The van der Waals surface area contributed by atoms with Crippen LogP contribution in [0.5, 0.6) is 0 Å². The van der Waals surface area contributed by atoms with Crippen LogP contribution in [0.2, 0.25) is 0 Å². The van der Waals surface area contributed by atoms with Gasteiger partial charge in [-0.1, -0.05) is 32.9 Å². The predicted molar refractivity (Wildman–Crippen MR) is 80.3 cm³/mol. The molecule has 0 unspecified atom stereocenters. The Kier molecular flexibility index (Phi) is 7.26. The maximum Gasteiger partial charge on any atom is 0.220 e. The second kappa shape index (κ2) is 8.72. The van der Waals surface area contributed by atoms with Crippen molar-refractivity contribution in [3.63, 3.8) is 0 Å². The van der Waals surface area contributed by atoms with E-state index in [4.69, 9.17) is 0 Å². The Bertz CT molecular complexity index is 398. The van der Waals surface area contributed by atoms with Gasteiger partial charge in [-0.3, -0.25) is 9.48 Å². The molecule has 5 nitrogen and oxygen atoms in total. The van der Waals surface area contributed by atoms with Gasteiger partial charge >= 0.3 is 0 Å². The zero-order chi connectivity index (χ0) is 15.0. The third-order valence-electron chi connectivity index (χ3n) is 2.93. The predicted octanol–water partition coefficient (Wildman–Crippen LogP) is 2.42. The van der Waals surface area contributed by atoms with Gasteiger partial charge < -0.3 is 5.32 Å². The molecule has 0 atom stereocenters. The van der Waals surface area contributed by atoms with E-state index in [1.165, 1.54) is 0 Å². The van der Waals surface area contributed by atoms with E-state index in [0.717, 1.165) is 38.0 Å². The third kappa shape index (κ3) is 7.26. The number of hydrogen-bond donors (Lipinski definition) is 1. The number of aryl methyl sites for hydroxylation is 1. The Morgan fingerprint density at radius 3 is 2.65 bits per heavy atom. The van der Waals surface area contributed by atoms with Crippen molar-refractivity contribution in [3.8, 4) is 0 Å². The number of hydrogen-bond acceptors (Lipinski definition) is 3. The van der Waals surface area contributed by atoms with Crippen molar-refractivity contribution >= 4 is 5.91 Å². The van der Waals surface area contributed by atoms with Gasteiger partial charge in [0.1, 0.15) is 0 Å². The summed E-state index contributed by atoms with van der Waals surface area (Å²) in [5.41, 5.74) is 1.06. The van der Waals surface area contributed by atoms with Crippen LogP contribution in [0.25, 0.3) is 0 Å². The van der Waals surface area contributed by atoms with Crippen LogP contribution >= 0.6 is 0 Å². The molecule has 1 amide bonds. The van der Waals surface area contributed by atoms with Crippen LogP contribution < -0.4 is 5.32 Å². The molecule has 20 heavy (non-hydrogen) atoms. The molecule has 0 aromatic carbocycles. The summed E-state index contributed by atoms with van der Waals surface area (Å²) >= 11 is 0. The topological polar surface area (TPSA) is 59.8 Å². The van der Waals surface area contributed by atoms with E-state index in [9.17, 15) is 4.79 Å². The molecule has 1 heterocycles. The minimum atomic E-state index is 0.153. The summed E-state index contributed by atoms with van der Waals surface area (Å²) in [6.07, 6.45) is 5.60. The number of nitrogens with zero attached hydrogens (tertiary/aromatic N) is 3. The highest BCUT2D eigenvalue weighted by Crippen LogP contribution is 2.04. The van der Waals surface area contributed by atoms with E-state index < -0.39 is 0 Å². The lowest BCUT2D eigenvalue weighted by atomic mass is 10.1. The highest BCUT2D eigenvalue weighted by Gasteiger charge is 2.04. The summed E-state index contributed by atoms with van der Waals surface area (Å²) in [6, 6.07) is 0. The normalized spacial score (nSPS) is 11.3. The van der Waals surface area contributed by atoms with E-state index >= 15 is 0 Å². The van der Waals surface area contributed by atoms with Crippen LogP contribution in [0.15, 0.2) is 6.20 Å². The summed E-state index contributed by atoms with van der Waals surface area (Å²) in [5.74, 6) is 1.18. The standard InChI is InChI=1S/C15H28N4O/c1-12(2)9-14-11-19(18-17-14)8-6-5-7-16-15(20)10-13(3)4/h11-13H,5-10H2,1-4H3,(H,16,20). The third-order valence-corrected chi connectivity index (χ3v) is 2.93. The van der Waals surface area contributed by atoms with Crippen LogP contribution in [-0.2, 0) is 17.8 Å². The van der Waals surface area contributed by atoms with Gasteiger partial charge in [-0.05, 0) is 31.1 Å². The Hall–Kier alpha value is -1.39. The largest absolute Gasteiger partial charge is 0.356 e. The molecular formula is C15H28N4O. The summed E-state index contributed by atoms with van der Waals surface area (Å²) in [4.78, 5) is 11.5. The van der Waals surface area contributed by atoms with Gasteiger partial charge in [-0.25, -0.2) is 0 Å². The lowest BCUT2D eigenvalue weighted by Crippen LogP contribution is -2.25. The van der Waals surface area contributed by atoms with Gasteiger partial charge in [-0.15, -0.1) is 5.10 Å². The summed E-state index contributed by atoms with van der Waals surface area (Å²) in [5, 5.41) is 11.2. The molecule has 1 N–H and O–H groups in total. The van der Waals surface area contributed by atoms with Crippen molar-refractivity contribution in [2.75, 3.05) is 6.54 Å². The van der Waals surface area contributed by atoms with E-state index in [2.05, 4.69) is 43.3 Å². The van der Waals surface area contributed by atoms with Crippen LogP contribution in [0.1, 0.15) is 52.7 Å². The van der Waals surface area contributed by atoms with Gasteiger partial charge in [0.2, 0.25) is 5.91 Å². The summed E-state index contributed by atoms with van der Waals surface area (Å²) in [6.45, 7) is 10.1. The van der Waals surface area contributed by atoms with Gasteiger partial charge in [-0.2, -0.15) is 0 Å². The first-order valence-corrected chi connectivity index (χ1v) is 7.63. The maximum atomic E-state index is 11.5. The minimum absolute atomic E-state index is 0.153. The molecular weight excluding hydrogens is 252 g/mol. The Morgan fingerprint density at radius 1 is 1.25 bits per heavy atom. The zero-order valence-electron chi connectivity index (χ0n) is 13.2. The van der Waals surface area contributed by atoms with Crippen molar-refractivity contribution in [2.45, 2.75) is 59.9 Å². The maximum absolute atomic E-state index is 11.5.